The van der Waals surface area contributed by atoms with E-state index in [-0.39, 0.29) is 0 Å². The van der Waals surface area contributed by atoms with Crippen molar-refractivity contribution >= 4 is 17.3 Å². The number of hydrogen-bond donors (Lipinski definition) is 1. The maximum absolute atomic E-state index is 11.7. The molecule has 1 aromatic rings. The third-order valence-electron chi connectivity index (χ3n) is 4.70. The number of carbonyl (C=O) groups is 1. The monoisotopic (exact) mass is 279 g/mol. The molecular formula is C15H21NO2S. The van der Waals surface area contributed by atoms with Gasteiger partial charge in [0, 0.05) is 17.5 Å². The van der Waals surface area contributed by atoms with E-state index in [1.54, 1.807) is 11.3 Å². The van der Waals surface area contributed by atoms with Crippen LogP contribution in [0.5, 0.6) is 0 Å². The minimum atomic E-state index is -0.695. The van der Waals surface area contributed by atoms with Crippen molar-refractivity contribution in [3.63, 3.8) is 0 Å². The molecular weight excluding hydrogens is 258 g/mol. The highest BCUT2D eigenvalue weighted by molar-refractivity contribution is 7.10. The first-order valence-corrected chi connectivity index (χ1v) is 8.09. The van der Waals surface area contributed by atoms with Gasteiger partial charge in [-0.05, 0) is 42.7 Å². The summed E-state index contributed by atoms with van der Waals surface area (Å²) in [5.74, 6) is 0.133. The third-order valence-corrected chi connectivity index (χ3v) is 5.70. The molecule has 0 amide bonds. The molecule has 1 N–H and O–H groups in total. The number of carboxylic acids is 1. The summed E-state index contributed by atoms with van der Waals surface area (Å²) in [5.41, 5.74) is 1.03. The summed E-state index contributed by atoms with van der Waals surface area (Å²) in [6.07, 6.45) is 6.18. The van der Waals surface area contributed by atoms with Gasteiger partial charge >= 0.3 is 5.97 Å². The Bertz CT molecular complexity index is 466. The maximum Gasteiger partial charge on any atom is 0.325 e. The van der Waals surface area contributed by atoms with Crippen molar-refractivity contribution < 1.29 is 9.90 Å². The van der Waals surface area contributed by atoms with Gasteiger partial charge < -0.3 is 5.11 Å². The second kappa shape index (κ2) is 5.25. The average molecular weight is 279 g/mol. The lowest BCUT2D eigenvalue weighted by Crippen LogP contribution is -2.45. The van der Waals surface area contributed by atoms with Crippen molar-refractivity contribution in [1.82, 2.24) is 4.90 Å². The summed E-state index contributed by atoms with van der Waals surface area (Å²) >= 11 is 1.70. The Labute approximate surface area is 118 Å². The van der Waals surface area contributed by atoms with Gasteiger partial charge in [0.2, 0.25) is 0 Å². The molecule has 19 heavy (non-hydrogen) atoms. The molecule has 2 aliphatic rings. The highest BCUT2D eigenvalue weighted by atomic mass is 32.1. The standard InChI is InChI=1S/C15H21NO2S/c1-10(9-11-3-2-4-11)16-7-5-13-12(6-8-19-13)14(16)15(17)18/h6,8,10-11,14H,2-5,7,9H2,1H3,(H,17,18). The molecule has 1 saturated carbocycles. The third kappa shape index (κ3) is 2.43. The summed E-state index contributed by atoms with van der Waals surface area (Å²) in [6, 6.07) is 1.95. The molecule has 2 unspecified atom stereocenters. The molecule has 0 bridgehead atoms. The molecule has 0 aromatic carbocycles. The van der Waals surface area contributed by atoms with Crippen LogP contribution in [-0.4, -0.2) is 28.6 Å². The minimum absolute atomic E-state index is 0.374. The second-order valence-electron chi connectivity index (χ2n) is 5.91. The molecule has 0 saturated heterocycles. The van der Waals surface area contributed by atoms with Crippen LogP contribution in [0.4, 0.5) is 0 Å². The van der Waals surface area contributed by atoms with Crippen molar-refractivity contribution in [3.8, 4) is 0 Å². The van der Waals surface area contributed by atoms with E-state index in [1.807, 2.05) is 11.4 Å². The topological polar surface area (TPSA) is 40.5 Å². The molecule has 2 heterocycles. The van der Waals surface area contributed by atoms with Crippen LogP contribution < -0.4 is 0 Å². The van der Waals surface area contributed by atoms with Gasteiger partial charge in [0.05, 0.1) is 0 Å². The number of thiophene rings is 1. The first-order valence-electron chi connectivity index (χ1n) is 7.21. The van der Waals surface area contributed by atoms with Gasteiger partial charge in [0.15, 0.2) is 0 Å². The molecule has 1 aromatic heterocycles. The quantitative estimate of drug-likeness (QED) is 0.919. The minimum Gasteiger partial charge on any atom is -0.480 e. The number of rotatable bonds is 4. The normalized spacial score (nSPS) is 25.6. The fourth-order valence-corrected chi connectivity index (χ4v) is 4.34. The Morgan fingerprint density at radius 2 is 2.37 bits per heavy atom. The number of fused-ring (bicyclic) bond motifs is 1. The van der Waals surface area contributed by atoms with Crippen LogP contribution in [0.3, 0.4) is 0 Å². The van der Waals surface area contributed by atoms with E-state index in [0.29, 0.717) is 6.04 Å². The lowest BCUT2D eigenvalue weighted by molar-refractivity contribution is -0.145. The Hall–Kier alpha value is -0.870. The van der Waals surface area contributed by atoms with Gasteiger partial charge in [-0.1, -0.05) is 19.3 Å². The van der Waals surface area contributed by atoms with Crippen LogP contribution in [0.25, 0.3) is 0 Å². The fourth-order valence-electron chi connectivity index (χ4n) is 3.43. The summed E-state index contributed by atoms with van der Waals surface area (Å²) in [7, 11) is 0. The average Bonchev–Trinajstić information content (AvgIpc) is 2.79. The van der Waals surface area contributed by atoms with Gasteiger partial charge in [0.25, 0.3) is 0 Å². The molecule has 104 valence electrons. The van der Waals surface area contributed by atoms with Crippen LogP contribution in [0.2, 0.25) is 0 Å². The van der Waals surface area contributed by atoms with E-state index in [4.69, 9.17) is 0 Å². The highest BCUT2D eigenvalue weighted by Gasteiger charge is 2.37. The van der Waals surface area contributed by atoms with Crippen LogP contribution >= 0.6 is 11.3 Å². The first-order chi connectivity index (χ1) is 9.16. The van der Waals surface area contributed by atoms with Gasteiger partial charge in [-0.25, -0.2) is 0 Å². The van der Waals surface area contributed by atoms with Crippen molar-refractivity contribution in [3.05, 3.63) is 21.9 Å². The molecule has 1 fully saturated rings. The number of aliphatic carboxylic acids is 1. The van der Waals surface area contributed by atoms with Crippen molar-refractivity contribution in [2.75, 3.05) is 6.54 Å². The molecule has 0 spiro atoms. The van der Waals surface area contributed by atoms with Gasteiger partial charge in [-0.2, -0.15) is 0 Å². The summed E-state index contributed by atoms with van der Waals surface area (Å²) < 4.78 is 0. The lowest BCUT2D eigenvalue weighted by Gasteiger charge is -2.40. The summed E-state index contributed by atoms with van der Waals surface area (Å²) in [6.45, 7) is 3.09. The SMILES string of the molecule is CC(CC1CCC1)N1CCc2sccc2C1C(=O)O. The predicted molar refractivity (Wildman–Crippen MR) is 76.5 cm³/mol. The molecule has 1 aliphatic carbocycles. The zero-order valence-electron chi connectivity index (χ0n) is 11.3. The van der Waals surface area contributed by atoms with Crippen LogP contribution in [0.1, 0.15) is 49.1 Å². The predicted octanol–water partition coefficient (Wildman–Crippen LogP) is 3.31. The molecule has 4 heteroatoms. The zero-order valence-corrected chi connectivity index (χ0v) is 12.2. The lowest BCUT2D eigenvalue weighted by atomic mass is 9.80. The number of carboxylic acid groups (broad SMARTS) is 1. The fraction of sp³-hybridized carbons (Fsp3) is 0.667. The Balaban J connectivity index is 1.78. The number of nitrogens with zero attached hydrogens (tertiary/aromatic N) is 1. The largest absolute Gasteiger partial charge is 0.480 e. The van der Waals surface area contributed by atoms with E-state index >= 15 is 0 Å². The van der Waals surface area contributed by atoms with Crippen molar-refractivity contribution in [2.24, 2.45) is 5.92 Å². The van der Waals surface area contributed by atoms with Crippen molar-refractivity contribution in [2.45, 2.75) is 51.1 Å². The molecule has 1 aliphatic heterocycles. The van der Waals surface area contributed by atoms with Gasteiger partial charge in [-0.3, -0.25) is 9.69 Å². The molecule has 2 atom stereocenters. The smallest absolute Gasteiger partial charge is 0.325 e. The van der Waals surface area contributed by atoms with E-state index in [1.165, 1.54) is 24.1 Å². The maximum atomic E-state index is 11.7. The molecule has 3 nitrogen and oxygen atoms in total. The highest BCUT2D eigenvalue weighted by Crippen LogP contribution is 2.38. The zero-order chi connectivity index (χ0) is 13.4. The summed E-state index contributed by atoms with van der Waals surface area (Å²) in [4.78, 5) is 15.1. The Kier molecular flexibility index (Phi) is 3.63. The van der Waals surface area contributed by atoms with E-state index in [9.17, 15) is 9.90 Å². The molecule has 3 rings (SSSR count). The van der Waals surface area contributed by atoms with Crippen molar-refractivity contribution in [1.29, 1.82) is 0 Å². The van der Waals surface area contributed by atoms with Crippen LogP contribution in [0, 0.1) is 5.92 Å². The Morgan fingerprint density at radius 1 is 1.58 bits per heavy atom. The number of hydrogen-bond acceptors (Lipinski definition) is 3. The Morgan fingerprint density at radius 3 is 3.00 bits per heavy atom. The second-order valence-corrected chi connectivity index (χ2v) is 6.91. The van der Waals surface area contributed by atoms with E-state index in [2.05, 4.69) is 11.8 Å². The van der Waals surface area contributed by atoms with Crippen LogP contribution in [-0.2, 0) is 11.2 Å². The molecule has 0 radical (unpaired) electrons. The first kappa shape index (κ1) is 13.1. The van der Waals surface area contributed by atoms with Gasteiger partial charge in [-0.15, -0.1) is 11.3 Å². The van der Waals surface area contributed by atoms with E-state index < -0.39 is 12.0 Å². The van der Waals surface area contributed by atoms with Gasteiger partial charge in [0.1, 0.15) is 6.04 Å². The van der Waals surface area contributed by atoms with Crippen LogP contribution in [0.15, 0.2) is 11.4 Å². The summed E-state index contributed by atoms with van der Waals surface area (Å²) in [5, 5.41) is 11.6. The van der Waals surface area contributed by atoms with E-state index in [0.717, 1.165) is 30.9 Å².